The number of nitrogens with zero attached hydrogens (tertiary/aromatic N) is 1. The summed E-state index contributed by atoms with van der Waals surface area (Å²) in [7, 11) is 0. The number of nitrogens with one attached hydrogen (secondary N) is 1. The van der Waals surface area contributed by atoms with E-state index in [1.165, 1.54) is 4.88 Å². The van der Waals surface area contributed by atoms with Gasteiger partial charge >= 0.3 is 0 Å². The van der Waals surface area contributed by atoms with Crippen molar-refractivity contribution in [3.05, 3.63) is 66.7 Å². The highest BCUT2D eigenvalue weighted by Gasteiger charge is 2.06. The van der Waals surface area contributed by atoms with Gasteiger partial charge in [-0.2, -0.15) is 11.8 Å². The summed E-state index contributed by atoms with van der Waals surface area (Å²) in [5.41, 5.74) is 1.56. The molecule has 4 nitrogen and oxygen atoms in total. The van der Waals surface area contributed by atoms with Crippen LogP contribution in [0.5, 0.6) is 5.75 Å². The van der Waals surface area contributed by atoms with Crippen molar-refractivity contribution in [3.8, 4) is 5.75 Å². The van der Waals surface area contributed by atoms with Gasteiger partial charge < -0.3 is 10.1 Å². The number of carbonyl (C=O) groups is 1. The van der Waals surface area contributed by atoms with E-state index in [1.54, 1.807) is 34.8 Å². The average molecular weight is 483 g/mol. The first-order valence-electron chi connectivity index (χ1n) is 8.34. The minimum Gasteiger partial charge on any atom is -0.487 e. The lowest BCUT2D eigenvalue weighted by atomic mass is 10.2. The van der Waals surface area contributed by atoms with Crippen LogP contribution in [0.25, 0.3) is 0 Å². The van der Waals surface area contributed by atoms with E-state index >= 15 is 0 Å². The largest absolute Gasteiger partial charge is 0.487 e. The molecule has 0 aliphatic heterocycles. The number of thioether (sulfide) groups is 1. The Kier molecular flexibility index (Phi) is 7.75. The van der Waals surface area contributed by atoms with Crippen LogP contribution in [0.2, 0.25) is 0 Å². The van der Waals surface area contributed by atoms with Crippen LogP contribution in [0.3, 0.4) is 0 Å². The highest BCUT2D eigenvalue weighted by atomic mass is 79.9. The maximum Gasteiger partial charge on any atom is 0.251 e. The lowest BCUT2D eigenvalue weighted by Gasteiger charge is -2.07. The van der Waals surface area contributed by atoms with Gasteiger partial charge in [-0.1, -0.05) is 0 Å². The summed E-state index contributed by atoms with van der Waals surface area (Å²) in [4.78, 5) is 17.9. The number of aromatic nitrogens is 1. The van der Waals surface area contributed by atoms with Gasteiger partial charge in [-0.05, 0) is 59.3 Å². The number of halogens is 1. The maximum absolute atomic E-state index is 12.2. The van der Waals surface area contributed by atoms with Crippen molar-refractivity contribution >= 4 is 56.3 Å². The maximum atomic E-state index is 12.2. The van der Waals surface area contributed by atoms with Crippen molar-refractivity contribution in [1.29, 1.82) is 0 Å². The molecule has 142 valence electrons. The predicted octanol–water partition coefficient (Wildman–Crippen LogP) is 5.52. The molecule has 0 atom stereocenters. The Hall–Kier alpha value is -1.35. The topological polar surface area (TPSA) is 51.2 Å². The summed E-state index contributed by atoms with van der Waals surface area (Å²) in [5.74, 6) is 2.53. The number of carbonyl (C=O) groups excluding carboxylic acids is 1. The van der Waals surface area contributed by atoms with Crippen LogP contribution in [0.4, 0.5) is 0 Å². The van der Waals surface area contributed by atoms with Crippen molar-refractivity contribution in [2.24, 2.45) is 0 Å². The molecule has 0 unspecified atom stereocenters. The first-order valence-corrected chi connectivity index (χ1v) is 12.0. The molecule has 0 radical (unpaired) electrons. The minimum atomic E-state index is -0.0591. The van der Waals surface area contributed by atoms with Gasteiger partial charge in [0, 0.05) is 33.9 Å². The van der Waals surface area contributed by atoms with Gasteiger partial charge in [0.05, 0.1) is 14.5 Å². The highest BCUT2D eigenvalue weighted by molar-refractivity contribution is 9.11. The average Bonchev–Trinajstić information content (AvgIpc) is 3.28. The number of thiazole rings is 1. The van der Waals surface area contributed by atoms with E-state index in [-0.39, 0.29) is 5.91 Å². The molecule has 0 bridgehead atoms. The van der Waals surface area contributed by atoms with Crippen LogP contribution in [0, 0.1) is 6.92 Å². The molecule has 0 spiro atoms. The zero-order valence-electron chi connectivity index (χ0n) is 14.7. The van der Waals surface area contributed by atoms with Crippen molar-refractivity contribution in [2.45, 2.75) is 19.3 Å². The lowest BCUT2D eigenvalue weighted by molar-refractivity contribution is 0.0956. The summed E-state index contributed by atoms with van der Waals surface area (Å²) in [6.07, 6.45) is 0. The molecule has 0 aliphatic carbocycles. The molecule has 0 saturated carbocycles. The van der Waals surface area contributed by atoms with E-state index in [1.807, 2.05) is 36.2 Å². The first kappa shape index (κ1) is 20.4. The third-order valence-electron chi connectivity index (χ3n) is 3.57. The fourth-order valence-corrected chi connectivity index (χ4v) is 5.32. The number of thiophene rings is 1. The van der Waals surface area contributed by atoms with Crippen molar-refractivity contribution in [2.75, 3.05) is 12.3 Å². The molecule has 2 aromatic heterocycles. The molecule has 27 heavy (non-hydrogen) atoms. The first-order chi connectivity index (χ1) is 13.1. The highest BCUT2D eigenvalue weighted by Crippen LogP contribution is 2.25. The number of amides is 1. The summed E-state index contributed by atoms with van der Waals surface area (Å²) in [5, 5.41) is 5.98. The van der Waals surface area contributed by atoms with Gasteiger partial charge in [-0.15, -0.1) is 22.7 Å². The summed E-state index contributed by atoms with van der Waals surface area (Å²) < 4.78 is 6.86. The Morgan fingerprint density at radius 1 is 1.26 bits per heavy atom. The predicted molar refractivity (Wildman–Crippen MR) is 118 cm³/mol. The molecule has 0 fully saturated rings. The molecular weight excluding hydrogens is 464 g/mol. The molecule has 1 N–H and O–H groups in total. The van der Waals surface area contributed by atoms with Crippen molar-refractivity contribution in [1.82, 2.24) is 10.3 Å². The fourth-order valence-electron chi connectivity index (χ4n) is 2.28. The normalized spacial score (nSPS) is 10.7. The quantitative estimate of drug-likeness (QED) is 0.408. The smallest absolute Gasteiger partial charge is 0.251 e. The van der Waals surface area contributed by atoms with Crippen molar-refractivity contribution in [3.63, 3.8) is 0 Å². The molecule has 8 heteroatoms. The molecule has 0 aliphatic rings. The van der Waals surface area contributed by atoms with Gasteiger partial charge in [0.2, 0.25) is 0 Å². The standard InChI is InChI=1S/C19H19BrN2O2S3/c1-13-22-15(11-26-13)10-24-16-4-2-14(3-5-16)19(23)21-8-9-25-12-17-6-7-18(20)27-17/h2-7,11H,8-10,12H2,1H3,(H,21,23). The van der Waals surface area contributed by atoms with E-state index in [2.05, 4.69) is 38.4 Å². The molecule has 3 aromatic rings. The fraction of sp³-hybridized carbons (Fsp3) is 0.263. The number of ether oxygens (including phenoxy) is 1. The molecule has 2 heterocycles. The van der Waals surface area contributed by atoms with Crippen LogP contribution in [-0.2, 0) is 12.4 Å². The summed E-state index contributed by atoms with van der Waals surface area (Å²) in [6.45, 7) is 3.06. The van der Waals surface area contributed by atoms with Crippen LogP contribution < -0.4 is 10.1 Å². The van der Waals surface area contributed by atoms with E-state index in [0.29, 0.717) is 18.7 Å². The second-order valence-corrected chi connectivity index (χ2v) is 10.4. The zero-order chi connectivity index (χ0) is 19.1. The third kappa shape index (κ3) is 6.64. The second-order valence-electron chi connectivity index (χ2n) is 5.69. The number of hydrogen-bond donors (Lipinski definition) is 1. The third-order valence-corrected chi connectivity index (χ3v) is 7.21. The SMILES string of the molecule is Cc1nc(COc2ccc(C(=O)NCCSCc3ccc(Br)s3)cc2)cs1. The lowest BCUT2D eigenvalue weighted by Crippen LogP contribution is -2.25. The summed E-state index contributed by atoms with van der Waals surface area (Å²) in [6, 6.07) is 11.4. The Labute approximate surface area is 179 Å². The Balaban J connectivity index is 1.36. The second kappa shape index (κ2) is 10.3. The van der Waals surface area contributed by atoms with E-state index in [9.17, 15) is 4.79 Å². The monoisotopic (exact) mass is 482 g/mol. The van der Waals surface area contributed by atoms with E-state index in [4.69, 9.17) is 4.74 Å². The van der Waals surface area contributed by atoms with Crippen molar-refractivity contribution < 1.29 is 9.53 Å². The molecule has 0 saturated heterocycles. The van der Waals surface area contributed by atoms with Crippen LogP contribution in [0.15, 0.2) is 45.6 Å². The van der Waals surface area contributed by atoms with Gasteiger partial charge in [0.1, 0.15) is 12.4 Å². The molecule has 1 amide bonds. The Morgan fingerprint density at radius 3 is 2.74 bits per heavy atom. The molecular formula is C19H19BrN2O2S3. The number of aryl methyl sites for hydroxylation is 1. The van der Waals surface area contributed by atoms with E-state index in [0.717, 1.165) is 31.7 Å². The van der Waals surface area contributed by atoms with Crippen LogP contribution in [0.1, 0.15) is 25.9 Å². The summed E-state index contributed by atoms with van der Waals surface area (Å²) >= 11 is 8.64. The minimum absolute atomic E-state index is 0.0591. The number of benzene rings is 1. The van der Waals surface area contributed by atoms with Gasteiger partial charge in [-0.3, -0.25) is 4.79 Å². The van der Waals surface area contributed by atoms with Gasteiger partial charge in [-0.25, -0.2) is 4.98 Å². The Morgan fingerprint density at radius 2 is 2.07 bits per heavy atom. The zero-order valence-corrected chi connectivity index (χ0v) is 18.8. The van der Waals surface area contributed by atoms with Gasteiger partial charge in [0.25, 0.3) is 5.91 Å². The van der Waals surface area contributed by atoms with Gasteiger partial charge in [0.15, 0.2) is 0 Å². The molecule has 3 rings (SSSR count). The molecule has 1 aromatic carbocycles. The van der Waals surface area contributed by atoms with Crippen LogP contribution in [-0.4, -0.2) is 23.2 Å². The Bertz CT molecular complexity index is 877. The number of hydrogen-bond acceptors (Lipinski definition) is 6. The van der Waals surface area contributed by atoms with E-state index < -0.39 is 0 Å². The number of rotatable bonds is 9. The van der Waals surface area contributed by atoms with Crippen LogP contribution >= 0.6 is 50.4 Å².